The van der Waals surface area contributed by atoms with E-state index in [9.17, 15) is 4.79 Å². The van der Waals surface area contributed by atoms with Crippen molar-refractivity contribution in [1.82, 2.24) is 0 Å². The van der Waals surface area contributed by atoms with Crippen LogP contribution in [0.1, 0.15) is 34.1 Å². The van der Waals surface area contributed by atoms with Gasteiger partial charge in [-0.25, -0.2) is 0 Å². The maximum absolute atomic E-state index is 11.4. The van der Waals surface area contributed by atoms with Crippen molar-refractivity contribution in [3.63, 3.8) is 0 Å². The van der Waals surface area contributed by atoms with Crippen LogP contribution in [0.2, 0.25) is 0 Å². The van der Waals surface area contributed by atoms with E-state index in [1.54, 1.807) is 6.92 Å². The highest BCUT2D eigenvalue weighted by Gasteiger charge is 2.54. The van der Waals surface area contributed by atoms with Gasteiger partial charge in [-0.05, 0) is 37.5 Å². The number of hydrogen-bond acceptors (Lipinski definition) is 1. The quantitative estimate of drug-likeness (QED) is 0.564. The Balaban J connectivity index is 2.35. The molecule has 1 fully saturated rings. The second-order valence-electron chi connectivity index (χ2n) is 5.26. The number of rotatable bonds is 1. The van der Waals surface area contributed by atoms with Crippen molar-refractivity contribution in [2.45, 2.75) is 34.1 Å². The summed E-state index contributed by atoms with van der Waals surface area (Å²) in [5.74, 6) is 1.90. The van der Waals surface area contributed by atoms with Gasteiger partial charge in [0.15, 0.2) is 0 Å². The van der Waals surface area contributed by atoms with Gasteiger partial charge in [0.1, 0.15) is 5.78 Å². The molecule has 0 saturated heterocycles. The van der Waals surface area contributed by atoms with Crippen molar-refractivity contribution in [3.05, 3.63) is 11.6 Å². The van der Waals surface area contributed by atoms with Gasteiger partial charge in [0, 0.05) is 5.92 Å². The van der Waals surface area contributed by atoms with Crippen molar-refractivity contribution in [1.29, 1.82) is 0 Å². The molecule has 0 spiro atoms. The van der Waals surface area contributed by atoms with Crippen LogP contribution in [0.4, 0.5) is 0 Å². The van der Waals surface area contributed by atoms with E-state index in [-0.39, 0.29) is 5.92 Å². The second kappa shape index (κ2) is 2.46. The Labute approximate surface area is 80.2 Å². The molecule has 0 N–H and O–H groups in total. The Kier molecular flexibility index (Phi) is 1.70. The minimum atomic E-state index is 0.208. The molecule has 13 heavy (non-hydrogen) atoms. The maximum Gasteiger partial charge on any atom is 0.136 e. The predicted molar refractivity (Wildman–Crippen MR) is 53.3 cm³/mol. The first-order valence-corrected chi connectivity index (χ1v) is 5.13. The van der Waals surface area contributed by atoms with Crippen molar-refractivity contribution in [2.75, 3.05) is 0 Å². The number of carbonyl (C=O) groups excluding carboxylic acids is 1. The average molecular weight is 178 g/mol. The normalized spacial score (nSPS) is 40.6. The van der Waals surface area contributed by atoms with Crippen molar-refractivity contribution < 1.29 is 4.79 Å². The third-order valence-corrected chi connectivity index (χ3v) is 4.24. The minimum absolute atomic E-state index is 0.208. The summed E-state index contributed by atoms with van der Waals surface area (Å²) in [6.45, 7) is 8.51. The zero-order valence-corrected chi connectivity index (χ0v) is 8.92. The summed E-state index contributed by atoms with van der Waals surface area (Å²) in [5.41, 5.74) is 1.81. The number of fused-ring (bicyclic) bond motifs is 1. The molecule has 1 heteroatoms. The molecule has 72 valence electrons. The van der Waals surface area contributed by atoms with Gasteiger partial charge in [0.25, 0.3) is 0 Å². The van der Waals surface area contributed by atoms with Crippen LogP contribution in [0.25, 0.3) is 0 Å². The van der Waals surface area contributed by atoms with E-state index >= 15 is 0 Å². The first-order chi connectivity index (χ1) is 5.94. The Morgan fingerprint density at radius 3 is 2.54 bits per heavy atom. The van der Waals surface area contributed by atoms with Crippen molar-refractivity contribution >= 4 is 5.78 Å². The molecule has 3 aliphatic rings. The lowest BCUT2D eigenvalue weighted by atomic mass is 9.46. The molecule has 3 aliphatic carbocycles. The highest BCUT2D eigenvalue weighted by molar-refractivity contribution is 5.81. The van der Waals surface area contributed by atoms with Gasteiger partial charge in [-0.3, -0.25) is 4.79 Å². The summed E-state index contributed by atoms with van der Waals surface area (Å²) < 4.78 is 0. The molecule has 2 bridgehead atoms. The van der Waals surface area contributed by atoms with Crippen LogP contribution in [0.3, 0.4) is 0 Å². The Bertz CT molecular complexity index is 285. The maximum atomic E-state index is 11.4. The standard InChI is InChI=1S/C12H18O/c1-7-5-9(8(2)13)11-6-10(7)12(11,3)4/h5,9-11H,6H2,1-4H3/t9-,10-,11+/m1/s1. The number of hydrogen-bond donors (Lipinski definition) is 0. The summed E-state index contributed by atoms with van der Waals surface area (Å²) >= 11 is 0. The van der Waals surface area contributed by atoms with Crippen LogP contribution in [0, 0.1) is 23.2 Å². The fourth-order valence-corrected chi connectivity index (χ4v) is 3.26. The smallest absolute Gasteiger partial charge is 0.136 e. The van der Waals surface area contributed by atoms with Crippen LogP contribution in [-0.4, -0.2) is 5.78 Å². The molecule has 3 atom stereocenters. The molecule has 0 aromatic heterocycles. The lowest BCUT2D eigenvalue weighted by Gasteiger charge is -2.58. The van der Waals surface area contributed by atoms with Crippen LogP contribution >= 0.6 is 0 Å². The molecule has 0 unspecified atom stereocenters. The Hall–Kier alpha value is -0.590. The molecule has 0 aliphatic heterocycles. The summed E-state index contributed by atoms with van der Waals surface area (Å²) in [6, 6.07) is 0. The van der Waals surface area contributed by atoms with E-state index in [2.05, 4.69) is 26.8 Å². The van der Waals surface area contributed by atoms with E-state index in [4.69, 9.17) is 0 Å². The Morgan fingerprint density at radius 1 is 1.54 bits per heavy atom. The zero-order valence-electron chi connectivity index (χ0n) is 8.92. The fraction of sp³-hybridized carbons (Fsp3) is 0.750. The van der Waals surface area contributed by atoms with E-state index < -0.39 is 0 Å². The summed E-state index contributed by atoms with van der Waals surface area (Å²) in [4.78, 5) is 11.4. The predicted octanol–water partition coefficient (Wildman–Crippen LogP) is 2.81. The summed E-state index contributed by atoms with van der Waals surface area (Å²) in [5, 5.41) is 0. The third-order valence-electron chi connectivity index (χ3n) is 4.24. The zero-order chi connectivity index (χ0) is 9.80. The summed E-state index contributed by atoms with van der Waals surface area (Å²) in [7, 11) is 0. The fourth-order valence-electron chi connectivity index (χ4n) is 3.26. The molecule has 1 saturated carbocycles. The lowest BCUT2D eigenvalue weighted by Crippen LogP contribution is -2.53. The third kappa shape index (κ3) is 1.02. The van der Waals surface area contributed by atoms with Crippen molar-refractivity contribution in [2.24, 2.45) is 23.2 Å². The van der Waals surface area contributed by atoms with E-state index in [1.807, 2.05) is 0 Å². The van der Waals surface area contributed by atoms with Gasteiger partial charge in [-0.1, -0.05) is 25.5 Å². The molecule has 1 nitrogen and oxygen atoms in total. The van der Waals surface area contributed by atoms with Gasteiger partial charge in [-0.15, -0.1) is 0 Å². The topological polar surface area (TPSA) is 17.1 Å². The SMILES string of the molecule is CC(=O)[C@H]1C=C(C)[C@H]2C[C@@H]1C2(C)C. The number of carbonyl (C=O) groups is 1. The lowest BCUT2D eigenvalue weighted by molar-refractivity contribution is -0.129. The van der Waals surface area contributed by atoms with Gasteiger partial charge >= 0.3 is 0 Å². The van der Waals surface area contributed by atoms with Gasteiger partial charge in [0.2, 0.25) is 0 Å². The molecule has 0 radical (unpaired) electrons. The highest BCUT2D eigenvalue weighted by atomic mass is 16.1. The first-order valence-electron chi connectivity index (χ1n) is 5.13. The molecule has 3 rings (SSSR count). The van der Waals surface area contributed by atoms with Crippen LogP contribution in [0.15, 0.2) is 11.6 Å². The highest BCUT2D eigenvalue weighted by Crippen LogP contribution is 2.61. The molecule has 0 amide bonds. The molecule has 0 aromatic rings. The first kappa shape index (κ1) is 8.98. The molecule has 0 heterocycles. The minimum Gasteiger partial charge on any atom is -0.299 e. The van der Waals surface area contributed by atoms with Crippen LogP contribution < -0.4 is 0 Å². The average Bonchev–Trinajstić information content (AvgIpc) is 2.02. The van der Waals surface area contributed by atoms with E-state index in [0.717, 1.165) is 5.92 Å². The number of ketones is 1. The van der Waals surface area contributed by atoms with E-state index in [0.29, 0.717) is 17.1 Å². The van der Waals surface area contributed by atoms with Gasteiger partial charge in [0.05, 0.1) is 0 Å². The molecular formula is C12H18O. The largest absolute Gasteiger partial charge is 0.299 e. The van der Waals surface area contributed by atoms with Gasteiger partial charge in [-0.2, -0.15) is 0 Å². The second-order valence-corrected chi connectivity index (χ2v) is 5.26. The number of Topliss-reactive ketones (excluding diaryl/α,β-unsaturated/α-hetero) is 1. The van der Waals surface area contributed by atoms with Crippen LogP contribution in [-0.2, 0) is 4.79 Å². The monoisotopic (exact) mass is 178 g/mol. The molecular weight excluding hydrogens is 160 g/mol. The van der Waals surface area contributed by atoms with E-state index in [1.165, 1.54) is 12.0 Å². The van der Waals surface area contributed by atoms with Gasteiger partial charge < -0.3 is 0 Å². The summed E-state index contributed by atoms with van der Waals surface area (Å²) in [6.07, 6.45) is 3.44. The molecule has 0 aromatic carbocycles. The number of allylic oxidation sites excluding steroid dienone is 2. The van der Waals surface area contributed by atoms with Crippen molar-refractivity contribution in [3.8, 4) is 0 Å². The Morgan fingerprint density at radius 2 is 2.15 bits per heavy atom. The van der Waals surface area contributed by atoms with Crippen LogP contribution in [0.5, 0.6) is 0 Å².